The van der Waals surface area contributed by atoms with Crippen molar-refractivity contribution in [3.63, 3.8) is 0 Å². The first-order chi connectivity index (χ1) is 8.25. The van der Waals surface area contributed by atoms with Gasteiger partial charge in [-0.2, -0.15) is 0 Å². The lowest BCUT2D eigenvalue weighted by molar-refractivity contribution is 0.0728. The van der Waals surface area contributed by atoms with Crippen molar-refractivity contribution in [1.82, 2.24) is 0 Å². The molecule has 1 saturated heterocycles. The summed E-state index contributed by atoms with van der Waals surface area (Å²) in [4.78, 5) is 12.5. The fourth-order valence-corrected chi connectivity index (χ4v) is 3.08. The molecule has 2 nitrogen and oxygen atoms in total. The molecule has 0 aromatic heterocycles. The SMILES string of the molecule is CC(=O)c1cccc(SCC2CCOCC2)c1. The lowest BCUT2D eigenvalue weighted by Crippen LogP contribution is -2.17. The lowest BCUT2D eigenvalue weighted by atomic mass is 10.0. The van der Waals surface area contributed by atoms with Crippen molar-refractivity contribution in [2.24, 2.45) is 5.92 Å². The van der Waals surface area contributed by atoms with Gasteiger partial charge in [0, 0.05) is 29.4 Å². The Morgan fingerprint density at radius 2 is 2.18 bits per heavy atom. The van der Waals surface area contributed by atoms with Crippen LogP contribution >= 0.6 is 11.8 Å². The summed E-state index contributed by atoms with van der Waals surface area (Å²) in [6, 6.07) is 7.91. The molecular formula is C14H18O2S. The average Bonchev–Trinajstić information content (AvgIpc) is 2.38. The Bertz CT molecular complexity index is 384. The summed E-state index contributed by atoms with van der Waals surface area (Å²) in [5.74, 6) is 2.03. The number of carbonyl (C=O) groups excluding carboxylic acids is 1. The largest absolute Gasteiger partial charge is 0.381 e. The summed E-state index contributed by atoms with van der Waals surface area (Å²) < 4.78 is 5.35. The Hall–Kier alpha value is -0.800. The second-order valence-corrected chi connectivity index (χ2v) is 5.54. The van der Waals surface area contributed by atoms with Gasteiger partial charge in [-0.05, 0) is 37.8 Å². The molecule has 17 heavy (non-hydrogen) atoms. The maximum Gasteiger partial charge on any atom is 0.159 e. The van der Waals surface area contributed by atoms with Gasteiger partial charge in [0.15, 0.2) is 5.78 Å². The molecule has 0 aliphatic carbocycles. The summed E-state index contributed by atoms with van der Waals surface area (Å²) in [5.41, 5.74) is 0.807. The number of ketones is 1. The fourth-order valence-electron chi connectivity index (χ4n) is 1.93. The van der Waals surface area contributed by atoms with Crippen molar-refractivity contribution >= 4 is 17.5 Å². The minimum absolute atomic E-state index is 0.138. The van der Waals surface area contributed by atoms with Crippen LogP contribution in [0.2, 0.25) is 0 Å². The number of hydrogen-bond donors (Lipinski definition) is 0. The van der Waals surface area contributed by atoms with Crippen molar-refractivity contribution in [2.45, 2.75) is 24.7 Å². The van der Waals surface area contributed by atoms with Gasteiger partial charge in [-0.1, -0.05) is 12.1 Å². The normalized spacial score (nSPS) is 17.0. The Labute approximate surface area is 107 Å². The highest BCUT2D eigenvalue weighted by molar-refractivity contribution is 7.99. The highest BCUT2D eigenvalue weighted by Crippen LogP contribution is 2.26. The first kappa shape index (κ1) is 12.7. The average molecular weight is 250 g/mol. The maximum absolute atomic E-state index is 11.3. The molecule has 1 aromatic rings. The molecule has 0 spiro atoms. The van der Waals surface area contributed by atoms with Crippen molar-refractivity contribution in [3.05, 3.63) is 29.8 Å². The van der Waals surface area contributed by atoms with E-state index in [0.29, 0.717) is 0 Å². The molecule has 0 amide bonds. The molecule has 0 N–H and O–H groups in total. The van der Waals surface area contributed by atoms with Crippen LogP contribution in [0.3, 0.4) is 0 Å². The van der Waals surface area contributed by atoms with Crippen LogP contribution in [0.4, 0.5) is 0 Å². The molecule has 0 atom stereocenters. The summed E-state index contributed by atoms with van der Waals surface area (Å²) in [5, 5.41) is 0. The molecule has 1 aliphatic heterocycles. The van der Waals surface area contributed by atoms with Crippen molar-refractivity contribution in [2.75, 3.05) is 19.0 Å². The zero-order valence-electron chi connectivity index (χ0n) is 10.1. The quantitative estimate of drug-likeness (QED) is 0.605. The first-order valence-electron chi connectivity index (χ1n) is 6.07. The van der Waals surface area contributed by atoms with Crippen LogP contribution < -0.4 is 0 Å². The molecule has 2 rings (SSSR count). The monoisotopic (exact) mass is 250 g/mol. The molecule has 1 heterocycles. The zero-order valence-corrected chi connectivity index (χ0v) is 11.0. The topological polar surface area (TPSA) is 26.3 Å². The van der Waals surface area contributed by atoms with Crippen LogP contribution in [0.25, 0.3) is 0 Å². The van der Waals surface area contributed by atoms with Crippen molar-refractivity contribution in [3.8, 4) is 0 Å². The van der Waals surface area contributed by atoms with E-state index in [-0.39, 0.29) is 5.78 Å². The second kappa shape index (κ2) is 6.22. The van der Waals surface area contributed by atoms with E-state index in [9.17, 15) is 4.79 Å². The number of benzene rings is 1. The molecule has 92 valence electrons. The molecule has 3 heteroatoms. The van der Waals surface area contributed by atoms with E-state index in [1.807, 2.05) is 30.0 Å². The predicted octanol–water partition coefficient (Wildman–Crippen LogP) is 3.41. The number of rotatable bonds is 4. The third-order valence-corrected chi connectivity index (χ3v) is 4.29. The minimum atomic E-state index is 0.138. The van der Waals surface area contributed by atoms with E-state index >= 15 is 0 Å². The molecule has 1 fully saturated rings. The third kappa shape index (κ3) is 3.86. The molecule has 0 unspecified atom stereocenters. The minimum Gasteiger partial charge on any atom is -0.381 e. The Morgan fingerprint density at radius 3 is 2.88 bits per heavy atom. The number of Topliss-reactive ketones (excluding diaryl/α,β-unsaturated/α-hetero) is 1. The van der Waals surface area contributed by atoms with Crippen molar-refractivity contribution in [1.29, 1.82) is 0 Å². The van der Waals surface area contributed by atoms with E-state index in [4.69, 9.17) is 4.74 Å². The summed E-state index contributed by atoms with van der Waals surface area (Å²) in [7, 11) is 0. The van der Waals surface area contributed by atoms with E-state index < -0.39 is 0 Å². The summed E-state index contributed by atoms with van der Waals surface area (Å²) in [6.07, 6.45) is 2.33. The van der Waals surface area contributed by atoms with Crippen LogP contribution in [0.15, 0.2) is 29.2 Å². The van der Waals surface area contributed by atoms with Crippen molar-refractivity contribution < 1.29 is 9.53 Å². The lowest BCUT2D eigenvalue weighted by Gasteiger charge is -2.21. The van der Waals surface area contributed by atoms with Crippen LogP contribution in [0, 0.1) is 5.92 Å². The molecule has 1 aliphatic rings. The summed E-state index contributed by atoms with van der Waals surface area (Å²) >= 11 is 1.85. The number of carbonyl (C=O) groups is 1. The Balaban J connectivity index is 1.89. The van der Waals surface area contributed by atoms with E-state index in [1.165, 1.54) is 17.7 Å². The number of thioether (sulfide) groups is 1. The standard InChI is InChI=1S/C14H18O2S/c1-11(15)13-3-2-4-14(9-13)17-10-12-5-7-16-8-6-12/h2-4,9,12H,5-8,10H2,1H3. The summed E-state index contributed by atoms with van der Waals surface area (Å²) in [6.45, 7) is 3.42. The third-order valence-electron chi connectivity index (χ3n) is 3.07. The van der Waals surface area contributed by atoms with E-state index in [2.05, 4.69) is 6.07 Å². The Morgan fingerprint density at radius 1 is 1.41 bits per heavy atom. The van der Waals surface area contributed by atoms with Gasteiger partial charge in [-0.25, -0.2) is 0 Å². The highest BCUT2D eigenvalue weighted by Gasteiger charge is 2.14. The molecule has 1 aromatic carbocycles. The highest BCUT2D eigenvalue weighted by atomic mass is 32.2. The van der Waals surface area contributed by atoms with Crippen LogP contribution in [-0.4, -0.2) is 24.7 Å². The second-order valence-electron chi connectivity index (χ2n) is 4.45. The van der Waals surface area contributed by atoms with Gasteiger partial charge in [0.05, 0.1) is 0 Å². The molecule has 0 bridgehead atoms. The molecule has 0 radical (unpaired) electrons. The van der Waals surface area contributed by atoms with Gasteiger partial charge in [0.1, 0.15) is 0 Å². The van der Waals surface area contributed by atoms with Gasteiger partial charge >= 0.3 is 0 Å². The Kier molecular flexibility index (Phi) is 4.63. The van der Waals surface area contributed by atoms with Crippen LogP contribution in [0.5, 0.6) is 0 Å². The van der Waals surface area contributed by atoms with Gasteiger partial charge < -0.3 is 4.74 Å². The first-order valence-corrected chi connectivity index (χ1v) is 7.06. The van der Waals surface area contributed by atoms with Gasteiger partial charge in [-0.3, -0.25) is 4.79 Å². The fraction of sp³-hybridized carbons (Fsp3) is 0.500. The van der Waals surface area contributed by atoms with E-state index in [1.54, 1.807) is 6.92 Å². The van der Waals surface area contributed by atoms with Crippen LogP contribution in [0.1, 0.15) is 30.1 Å². The zero-order chi connectivity index (χ0) is 12.1. The smallest absolute Gasteiger partial charge is 0.159 e. The van der Waals surface area contributed by atoms with E-state index in [0.717, 1.165) is 30.4 Å². The molecular weight excluding hydrogens is 232 g/mol. The van der Waals surface area contributed by atoms with Gasteiger partial charge in [0.2, 0.25) is 0 Å². The van der Waals surface area contributed by atoms with Gasteiger partial charge in [-0.15, -0.1) is 11.8 Å². The number of hydrogen-bond acceptors (Lipinski definition) is 3. The molecule has 0 saturated carbocycles. The van der Waals surface area contributed by atoms with Gasteiger partial charge in [0.25, 0.3) is 0 Å². The van der Waals surface area contributed by atoms with Crippen LogP contribution in [-0.2, 0) is 4.74 Å². The maximum atomic E-state index is 11.3. The predicted molar refractivity (Wildman–Crippen MR) is 70.7 cm³/mol. The number of ether oxygens (including phenoxy) is 1.